The third-order valence-electron chi connectivity index (χ3n) is 4.88. The lowest BCUT2D eigenvalue weighted by Gasteiger charge is -2.17. The van der Waals surface area contributed by atoms with Gasteiger partial charge in [-0.1, -0.05) is 12.1 Å². The summed E-state index contributed by atoms with van der Waals surface area (Å²) in [6, 6.07) is 9.90. The molecule has 2 aromatic rings. The van der Waals surface area contributed by atoms with E-state index in [0.717, 1.165) is 28.9 Å². The van der Waals surface area contributed by atoms with E-state index in [9.17, 15) is 0 Å². The zero-order valence-electron chi connectivity index (χ0n) is 20.3. The van der Waals surface area contributed by atoms with Crippen LogP contribution < -0.4 is 29.6 Å². The quantitative estimate of drug-likeness (QED) is 0.173. The van der Waals surface area contributed by atoms with Gasteiger partial charge in [0.2, 0.25) is 0 Å². The summed E-state index contributed by atoms with van der Waals surface area (Å²) < 4.78 is 27.3. The first-order valence-corrected chi connectivity index (χ1v) is 10.5. The Morgan fingerprint density at radius 3 is 2.03 bits per heavy atom. The van der Waals surface area contributed by atoms with Crippen molar-refractivity contribution in [2.24, 2.45) is 4.99 Å². The normalized spacial score (nSPS) is 10.8. The highest BCUT2D eigenvalue weighted by Crippen LogP contribution is 2.34. The Kier molecular flexibility index (Phi) is 13.4. The van der Waals surface area contributed by atoms with E-state index in [-0.39, 0.29) is 24.0 Å². The first-order chi connectivity index (χ1) is 15.6. The molecule has 0 aliphatic rings. The van der Waals surface area contributed by atoms with Crippen molar-refractivity contribution in [1.29, 1.82) is 0 Å². The van der Waals surface area contributed by atoms with Crippen LogP contribution in [-0.4, -0.2) is 54.7 Å². The van der Waals surface area contributed by atoms with Gasteiger partial charge in [-0.2, -0.15) is 0 Å². The Bertz CT molecular complexity index is 893. The van der Waals surface area contributed by atoms with Gasteiger partial charge in [0, 0.05) is 57.5 Å². The number of hydrogen-bond donors (Lipinski definition) is 2. The molecule has 0 saturated carbocycles. The molecule has 184 valence electrons. The molecule has 0 aliphatic carbocycles. The number of rotatable bonds is 12. The fourth-order valence-corrected chi connectivity index (χ4v) is 3.14. The molecule has 0 unspecified atom stereocenters. The SMILES string of the molecule is CN=C(NCc1cc(OC)c(OC)cc1OC)NCc1ccc(C)cc1OCCCOC.I. The van der Waals surface area contributed by atoms with Crippen LogP contribution in [0.2, 0.25) is 0 Å². The lowest BCUT2D eigenvalue weighted by molar-refractivity contribution is 0.171. The van der Waals surface area contributed by atoms with Crippen LogP contribution >= 0.6 is 24.0 Å². The van der Waals surface area contributed by atoms with Gasteiger partial charge in [-0.3, -0.25) is 4.99 Å². The number of nitrogens with one attached hydrogen (secondary N) is 2. The van der Waals surface area contributed by atoms with Gasteiger partial charge < -0.3 is 34.3 Å². The third kappa shape index (κ3) is 8.81. The number of hydrogen-bond acceptors (Lipinski definition) is 6. The minimum Gasteiger partial charge on any atom is -0.496 e. The van der Waals surface area contributed by atoms with E-state index in [1.165, 1.54) is 0 Å². The van der Waals surface area contributed by atoms with Crippen molar-refractivity contribution >= 4 is 29.9 Å². The van der Waals surface area contributed by atoms with E-state index in [0.29, 0.717) is 49.5 Å². The molecule has 0 amide bonds. The molecular formula is C24H36IN3O5. The number of ether oxygens (including phenoxy) is 5. The van der Waals surface area contributed by atoms with Gasteiger partial charge in [-0.15, -0.1) is 24.0 Å². The van der Waals surface area contributed by atoms with Gasteiger partial charge in [0.25, 0.3) is 0 Å². The number of aryl methyl sites for hydroxylation is 1. The summed E-state index contributed by atoms with van der Waals surface area (Å²) in [5, 5.41) is 6.66. The van der Waals surface area contributed by atoms with Gasteiger partial charge >= 0.3 is 0 Å². The van der Waals surface area contributed by atoms with Crippen molar-refractivity contribution in [2.75, 3.05) is 48.7 Å². The van der Waals surface area contributed by atoms with E-state index in [1.807, 2.05) is 12.1 Å². The van der Waals surface area contributed by atoms with Crippen LogP contribution in [0.3, 0.4) is 0 Å². The van der Waals surface area contributed by atoms with Crippen molar-refractivity contribution < 1.29 is 23.7 Å². The molecule has 0 heterocycles. The highest BCUT2D eigenvalue weighted by molar-refractivity contribution is 14.0. The molecule has 0 spiro atoms. The molecule has 0 radical (unpaired) electrons. The number of halogens is 1. The largest absolute Gasteiger partial charge is 0.496 e. The minimum atomic E-state index is 0. The maximum absolute atomic E-state index is 5.97. The Morgan fingerprint density at radius 2 is 1.42 bits per heavy atom. The van der Waals surface area contributed by atoms with E-state index < -0.39 is 0 Å². The number of nitrogens with zero attached hydrogens (tertiary/aromatic N) is 1. The van der Waals surface area contributed by atoms with E-state index in [4.69, 9.17) is 23.7 Å². The lowest BCUT2D eigenvalue weighted by Crippen LogP contribution is -2.36. The van der Waals surface area contributed by atoms with Gasteiger partial charge in [-0.05, 0) is 24.6 Å². The van der Waals surface area contributed by atoms with Crippen LogP contribution in [-0.2, 0) is 17.8 Å². The fraction of sp³-hybridized carbons (Fsp3) is 0.458. The Labute approximate surface area is 214 Å². The van der Waals surface area contributed by atoms with Crippen LogP contribution in [0.4, 0.5) is 0 Å². The molecular weight excluding hydrogens is 537 g/mol. The highest BCUT2D eigenvalue weighted by Gasteiger charge is 2.13. The molecule has 0 aromatic heterocycles. The first kappa shape index (κ1) is 28.6. The van der Waals surface area contributed by atoms with Crippen LogP contribution in [0.5, 0.6) is 23.0 Å². The number of methoxy groups -OCH3 is 4. The van der Waals surface area contributed by atoms with Crippen molar-refractivity contribution in [2.45, 2.75) is 26.4 Å². The summed E-state index contributed by atoms with van der Waals surface area (Å²) in [5.41, 5.74) is 3.13. The van der Waals surface area contributed by atoms with Crippen LogP contribution in [0.25, 0.3) is 0 Å². The molecule has 8 nitrogen and oxygen atoms in total. The molecule has 0 saturated heterocycles. The number of benzene rings is 2. The number of aliphatic imine (C=N–C) groups is 1. The van der Waals surface area contributed by atoms with E-state index in [2.05, 4.69) is 40.7 Å². The molecule has 2 N–H and O–H groups in total. The minimum absolute atomic E-state index is 0. The summed E-state index contributed by atoms with van der Waals surface area (Å²) in [4.78, 5) is 4.32. The predicted molar refractivity (Wildman–Crippen MR) is 142 cm³/mol. The molecule has 0 aliphatic heterocycles. The summed E-state index contributed by atoms with van der Waals surface area (Å²) >= 11 is 0. The average molecular weight is 573 g/mol. The summed E-state index contributed by atoms with van der Waals surface area (Å²) in [6.45, 7) is 4.41. The van der Waals surface area contributed by atoms with E-state index in [1.54, 1.807) is 35.5 Å². The highest BCUT2D eigenvalue weighted by atomic mass is 127. The van der Waals surface area contributed by atoms with Crippen LogP contribution in [0.1, 0.15) is 23.1 Å². The van der Waals surface area contributed by atoms with Crippen LogP contribution in [0, 0.1) is 6.92 Å². The molecule has 0 fully saturated rings. The first-order valence-electron chi connectivity index (χ1n) is 10.5. The zero-order chi connectivity index (χ0) is 23.3. The molecule has 0 bridgehead atoms. The second-order valence-electron chi connectivity index (χ2n) is 7.10. The summed E-state index contributed by atoms with van der Waals surface area (Å²) in [6.07, 6.45) is 0.841. The summed E-state index contributed by atoms with van der Waals surface area (Å²) in [5.74, 6) is 3.49. The molecule has 2 rings (SSSR count). The van der Waals surface area contributed by atoms with E-state index >= 15 is 0 Å². The maximum atomic E-state index is 5.97. The van der Waals surface area contributed by atoms with Crippen molar-refractivity contribution in [3.8, 4) is 23.0 Å². The maximum Gasteiger partial charge on any atom is 0.191 e. The molecule has 33 heavy (non-hydrogen) atoms. The van der Waals surface area contributed by atoms with Gasteiger partial charge in [0.15, 0.2) is 17.5 Å². The van der Waals surface area contributed by atoms with Crippen molar-refractivity contribution in [3.63, 3.8) is 0 Å². The molecule has 2 aromatic carbocycles. The van der Waals surface area contributed by atoms with Gasteiger partial charge in [0.05, 0.1) is 27.9 Å². The van der Waals surface area contributed by atoms with Crippen molar-refractivity contribution in [1.82, 2.24) is 10.6 Å². The lowest BCUT2D eigenvalue weighted by atomic mass is 10.1. The Morgan fingerprint density at radius 1 is 0.788 bits per heavy atom. The van der Waals surface area contributed by atoms with Gasteiger partial charge in [-0.25, -0.2) is 0 Å². The molecule has 9 heteroatoms. The summed E-state index contributed by atoms with van der Waals surface area (Å²) in [7, 11) is 8.26. The van der Waals surface area contributed by atoms with Crippen LogP contribution in [0.15, 0.2) is 35.3 Å². The second-order valence-corrected chi connectivity index (χ2v) is 7.10. The van der Waals surface area contributed by atoms with Crippen molar-refractivity contribution in [3.05, 3.63) is 47.0 Å². The molecule has 0 atom stereocenters. The van der Waals surface area contributed by atoms with Gasteiger partial charge in [0.1, 0.15) is 11.5 Å². The zero-order valence-corrected chi connectivity index (χ0v) is 22.6. The predicted octanol–water partition coefficient (Wildman–Crippen LogP) is 3.92. The third-order valence-corrected chi connectivity index (χ3v) is 4.88. The standard InChI is InChI=1S/C24H35N3O5.HI/c1-17-8-9-18(21(12-17)32-11-7-10-28-3)15-26-24(25-2)27-16-19-13-22(30-5)23(31-6)14-20(19)29-4;/h8-9,12-14H,7,10-11,15-16H2,1-6H3,(H2,25,26,27);1H. The number of guanidine groups is 1. The smallest absolute Gasteiger partial charge is 0.191 e. The fourth-order valence-electron chi connectivity index (χ4n) is 3.14. The Balaban J connectivity index is 0.00000544. The topological polar surface area (TPSA) is 82.6 Å². The monoisotopic (exact) mass is 573 g/mol. The Hall–Kier alpha value is -2.40. The second kappa shape index (κ2) is 15.4. The average Bonchev–Trinajstić information content (AvgIpc) is 2.82.